The minimum atomic E-state index is -0.519. The van der Waals surface area contributed by atoms with Gasteiger partial charge in [-0.2, -0.15) is 0 Å². The first-order chi connectivity index (χ1) is 6.88. The molecule has 0 aromatic heterocycles. The first-order valence-corrected chi connectivity index (χ1v) is 5.01. The normalized spacial score (nSPS) is 13.1. The number of hydrogen-bond acceptors (Lipinski definition) is 2. The minimum absolute atomic E-state index is 0. The summed E-state index contributed by atoms with van der Waals surface area (Å²) in [5, 5.41) is 9.18. The van der Waals surface area contributed by atoms with Gasteiger partial charge in [0.1, 0.15) is 5.82 Å². The average Bonchev–Trinajstić information content (AvgIpc) is 2.20. The summed E-state index contributed by atoms with van der Waals surface area (Å²) < 4.78 is 13.5. The van der Waals surface area contributed by atoms with Crippen molar-refractivity contribution in [3.63, 3.8) is 0 Å². The van der Waals surface area contributed by atoms with Crippen molar-refractivity contribution in [3.05, 3.63) is 35.1 Å². The van der Waals surface area contributed by atoms with Gasteiger partial charge in [-0.3, -0.25) is 0 Å². The molecule has 0 aliphatic carbocycles. The number of hydrogen-bond donors (Lipinski definition) is 2. The summed E-state index contributed by atoms with van der Waals surface area (Å²) in [5.41, 5.74) is 6.87. The smallest absolute Gasteiger partial charge is 0.128 e. The van der Waals surface area contributed by atoms with Crippen molar-refractivity contribution >= 4 is 12.4 Å². The summed E-state index contributed by atoms with van der Waals surface area (Å²) in [5.74, 6) is -0.311. The van der Waals surface area contributed by atoms with Crippen molar-refractivity contribution in [2.45, 2.75) is 26.8 Å². The zero-order chi connectivity index (χ0) is 11.6. The molecule has 0 aliphatic rings. The molecule has 4 heteroatoms. The van der Waals surface area contributed by atoms with Crippen LogP contribution in [-0.2, 0) is 0 Å². The molecule has 92 valence electrons. The monoisotopic (exact) mass is 247 g/mol. The van der Waals surface area contributed by atoms with Crippen LogP contribution in [0.15, 0.2) is 18.2 Å². The summed E-state index contributed by atoms with van der Waals surface area (Å²) in [6.45, 7) is 5.46. The maximum absolute atomic E-state index is 13.5. The van der Waals surface area contributed by atoms with E-state index in [4.69, 9.17) is 5.73 Å². The molecule has 1 aromatic carbocycles. The third kappa shape index (κ3) is 3.17. The maximum Gasteiger partial charge on any atom is 0.128 e. The number of rotatable bonds is 3. The second-order valence-corrected chi connectivity index (χ2v) is 4.65. The van der Waals surface area contributed by atoms with Crippen LogP contribution in [-0.4, -0.2) is 11.7 Å². The van der Waals surface area contributed by atoms with Crippen LogP contribution in [0.3, 0.4) is 0 Å². The van der Waals surface area contributed by atoms with E-state index in [1.165, 1.54) is 6.07 Å². The van der Waals surface area contributed by atoms with Crippen molar-refractivity contribution in [3.8, 4) is 0 Å². The molecular formula is C12H19ClFNO. The Balaban J connectivity index is 0.00000225. The predicted molar refractivity (Wildman–Crippen MR) is 66.2 cm³/mol. The molecule has 0 bridgehead atoms. The first kappa shape index (κ1) is 15.4. The largest absolute Gasteiger partial charge is 0.396 e. The first-order valence-electron chi connectivity index (χ1n) is 5.01. The molecule has 1 aromatic rings. The van der Waals surface area contributed by atoms with Gasteiger partial charge in [-0.25, -0.2) is 4.39 Å². The number of halogens is 2. The van der Waals surface area contributed by atoms with Crippen LogP contribution in [0.25, 0.3) is 0 Å². The lowest BCUT2D eigenvalue weighted by Crippen LogP contribution is -2.33. The topological polar surface area (TPSA) is 46.2 Å². The molecule has 0 saturated heterocycles. The van der Waals surface area contributed by atoms with Gasteiger partial charge in [0, 0.05) is 23.6 Å². The molecule has 0 amide bonds. The Labute approximate surface area is 102 Å². The molecule has 0 fully saturated rings. The highest BCUT2D eigenvalue weighted by Gasteiger charge is 2.28. The molecule has 0 aliphatic heterocycles. The molecule has 0 unspecified atom stereocenters. The Morgan fingerprint density at radius 1 is 1.44 bits per heavy atom. The third-order valence-corrected chi connectivity index (χ3v) is 2.74. The van der Waals surface area contributed by atoms with Crippen LogP contribution in [0.5, 0.6) is 0 Å². The van der Waals surface area contributed by atoms with Gasteiger partial charge in [0.15, 0.2) is 0 Å². The summed E-state index contributed by atoms with van der Waals surface area (Å²) in [6.07, 6.45) is 0. The lowest BCUT2D eigenvalue weighted by Gasteiger charge is -2.30. The van der Waals surface area contributed by atoms with Crippen molar-refractivity contribution in [2.24, 2.45) is 11.1 Å². The number of nitrogens with two attached hydrogens (primary N) is 1. The van der Waals surface area contributed by atoms with E-state index >= 15 is 0 Å². The fourth-order valence-corrected chi connectivity index (χ4v) is 1.42. The van der Waals surface area contributed by atoms with Gasteiger partial charge in [0.05, 0.1) is 0 Å². The Kier molecular flexibility index (Phi) is 5.39. The van der Waals surface area contributed by atoms with Crippen molar-refractivity contribution in [2.75, 3.05) is 6.61 Å². The second-order valence-electron chi connectivity index (χ2n) is 4.65. The lowest BCUT2D eigenvalue weighted by molar-refractivity contribution is 0.131. The van der Waals surface area contributed by atoms with E-state index in [0.29, 0.717) is 5.56 Å². The van der Waals surface area contributed by atoms with Crippen LogP contribution in [0.1, 0.15) is 31.0 Å². The molecule has 0 heterocycles. The van der Waals surface area contributed by atoms with Gasteiger partial charge in [0.2, 0.25) is 0 Å². The van der Waals surface area contributed by atoms with Crippen LogP contribution in [0, 0.1) is 18.2 Å². The van der Waals surface area contributed by atoms with Gasteiger partial charge in [-0.05, 0) is 13.0 Å². The standard InChI is InChI=1S/C12H18FNO.ClH/c1-8-4-5-10(13)9(6-8)11(14)12(2,3)7-15;/h4-6,11,15H,7,14H2,1-3H3;1H/t11-;/m1./s1. The molecule has 3 N–H and O–H groups in total. The van der Waals surface area contributed by atoms with Crippen LogP contribution in [0.4, 0.5) is 4.39 Å². The fourth-order valence-electron chi connectivity index (χ4n) is 1.42. The quantitative estimate of drug-likeness (QED) is 0.863. The number of aryl methyl sites for hydroxylation is 1. The van der Waals surface area contributed by atoms with Crippen LogP contribution < -0.4 is 5.73 Å². The highest BCUT2D eigenvalue weighted by Crippen LogP contribution is 2.32. The van der Waals surface area contributed by atoms with E-state index in [1.54, 1.807) is 12.1 Å². The second kappa shape index (κ2) is 5.62. The highest BCUT2D eigenvalue weighted by atomic mass is 35.5. The Bertz CT molecular complexity index is 355. The van der Waals surface area contributed by atoms with Crippen molar-refractivity contribution < 1.29 is 9.50 Å². The van der Waals surface area contributed by atoms with E-state index in [9.17, 15) is 9.50 Å². The molecule has 0 saturated carbocycles. The number of benzene rings is 1. The number of aliphatic hydroxyl groups excluding tert-OH is 1. The number of aliphatic hydroxyl groups is 1. The fraction of sp³-hybridized carbons (Fsp3) is 0.500. The zero-order valence-electron chi connectivity index (χ0n) is 9.83. The van der Waals surface area contributed by atoms with Crippen molar-refractivity contribution in [1.29, 1.82) is 0 Å². The minimum Gasteiger partial charge on any atom is -0.396 e. The molecule has 0 radical (unpaired) electrons. The Morgan fingerprint density at radius 2 is 2.00 bits per heavy atom. The van der Waals surface area contributed by atoms with Gasteiger partial charge >= 0.3 is 0 Å². The average molecular weight is 248 g/mol. The van der Waals surface area contributed by atoms with Crippen LogP contribution >= 0.6 is 12.4 Å². The maximum atomic E-state index is 13.5. The Hall–Kier alpha value is -0.640. The summed E-state index contributed by atoms with van der Waals surface area (Å²) in [4.78, 5) is 0. The van der Waals surface area contributed by atoms with Crippen molar-refractivity contribution in [1.82, 2.24) is 0 Å². The van der Waals surface area contributed by atoms with E-state index in [-0.39, 0.29) is 24.8 Å². The summed E-state index contributed by atoms with van der Waals surface area (Å²) in [6, 6.07) is 4.36. The van der Waals surface area contributed by atoms with Crippen LogP contribution in [0.2, 0.25) is 0 Å². The third-order valence-electron chi connectivity index (χ3n) is 2.74. The molecule has 16 heavy (non-hydrogen) atoms. The van der Waals surface area contributed by atoms with Gasteiger partial charge in [-0.15, -0.1) is 12.4 Å². The predicted octanol–water partition coefficient (Wildman–Crippen LogP) is 2.57. The van der Waals surface area contributed by atoms with Gasteiger partial charge in [0.25, 0.3) is 0 Å². The summed E-state index contributed by atoms with van der Waals surface area (Å²) >= 11 is 0. The van der Waals surface area contributed by atoms with E-state index in [0.717, 1.165) is 5.56 Å². The lowest BCUT2D eigenvalue weighted by atomic mass is 9.81. The van der Waals surface area contributed by atoms with E-state index < -0.39 is 11.5 Å². The van der Waals surface area contributed by atoms with Gasteiger partial charge in [-0.1, -0.05) is 31.5 Å². The molecule has 0 spiro atoms. The van der Waals surface area contributed by atoms with E-state index in [2.05, 4.69) is 0 Å². The SMILES string of the molecule is Cc1ccc(F)c([C@@H](N)C(C)(C)CO)c1.Cl. The molecule has 1 rings (SSSR count). The molecular weight excluding hydrogens is 229 g/mol. The molecule has 1 atom stereocenters. The van der Waals surface area contributed by atoms with Gasteiger partial charge < -0.3 is 10.8 Å². The Morgan fingerprint density at radius 3 is 2.50 bits per heavy atom. The zero-order valence-corrected chi connectivity index (χ0v) is 10.6. The molecule has 2 nitrogen and oxygen atoms in total. The summed E-state index contributed by atoms with van der Waals surface area (Å²) in [7, 11) is 0. The van der Waals surface area contributed by atoms with E-state index in [1.807, 2.05) is 20.8 Å². The highest BCUT2D eigenvalue weighted by molar-refractivity contribution is 5.85.